The highest BCUT2D eigenvalue weighted by molar-refractivity contribution is 5.78. The Labute approximate surface area is 174 Å². The summed E-state index contributed by atoms with van der Waals surface area (Å²) < 4.78 is 5.47. The van der Waals surface area contributed by atoms with E-state index in [0.717, 1.165) is 45.0 Å². The zero-order chi connectivity index (χ0) is 20.5. The zero-order valence-electron chi connectivity index (χ0n) is 17.7. The molecule has 1 aliphatic rings. The summed E-state index contributed by atoms with van der Waals surface area (Å²) in [5.74, 6) is 0.151. The number of benzene rings is 2. The minimum atomic E-state index is 0.151. The molecular formula is C24H33N3O2. The van der Waals surface area contributed by atoms with Gasteiger partial charge in [-0.25, -0.2) is 0 Å². The Morgan fingerprint density at radius 2 is 1.52 bits per heavy atom. The zero-order valence-corrected chi connectivity index (χ0v) is 17.7. The minimum Gasteiger partial charge on any atom is -0.379 e. The molecule has 3 rings (SSSR count). The van der Waals surface area contributed by atoms with E-state index in [-0.39, 0.29) is 11.9 Å². The van der Waals surface area contributed by atoms with Crippen molar-refractivity contribution in [3.63, 3.8) is 0 Å². The second kappa shape index (κ2) is 11.1. The minimum absolute atomic E-state index is 0.151. The molecule has 1 heterocycles. The van der Waals surface area contributed by atoms with Crippen molar-refractivity contribution >= 4 is 5.91 Å². The van der Waals surface area contributed by atoms with E-state index in [9.17, 15) is 4.79 Å². The van der Waals surface area contributed by atoms with Gasteiger partial charge in [0.05, 0.1) is 19.8 Å². The highest BCUT2D eigenvalue weighted by Gasteiger charge is 2.23. The molecule has 1 fully saturated rings. The molecule has 2 aromatic rings. The third-order valence-corrected chi connectivity index (χ3v) is 5.50. The fourth-order valence-corrected chi connectivity index (χ4v) is 3.70. The molecule has 1 aliphatic heterocycles. The largest absolute Gasteiger partial charge is 0.379 e. The third-order valence-electron chi connectivity index (χ3n) is 5.50. The maximum atomic E-state index is 13.0. The number of morpholine rings is 1. The first-order valence-corrected chi connectivity index (χ1v) is 10.5. The van der Waals surface area contributed by atoms with Crippen LogP contribution in [-0.4, -0.2) is 73.1 Å². The van der Waals surface area contributed by atoms with Crippen LogP contribution in [0.25, 0.3) is 0 Å². The van der Waals surface area contributed by atoms with Gasteiger partial charge in [0.1, 0.15) is 0 Å². The van der Waals surface area contributed by atoms with E-state index in [2.05, 4.69) is 53.1 Å². The summed E-state index contributed by atoms with van der Waals surface area (Å²) in [6, 6.07) is 20.8. The first kappa shape index (κ1) is 21.5. The van der Waals surface area contributed by atoms with Crippen molar-refractivity contribution in [2.75, 3.05) is 46.4 Å². The standard InChI is InChI=1S/C24H33N3O2/c1-21(17-26-13-15-29-16-14-26)27(19-23-11-7-4-8-12-23)20-24(28)25(2)18-22-9-5-3-6-10-22/h3-12,21H,13-20H2,1-2H3. The summed E-state index contributed by atoms with van der Waals surface area (Å²) in [6.07, 6.45) is 0. The lowest BCUT2D eigenvalue weighted by molar-refractivity contribution is -0.132. The van der Waals surface area contributed by atoms with Crippen LogP contribution >= 0.6 is 0 Å². The lowest BCUT2D eigenvalue weighted by Gasteiger charge is -2.35. The number of amides is 1. The number of likely N-dealkylation sites (N-methyl/N-ethyl adjacent to an activating group) is 1. The van der Waals surface area contributed by atoms with Gasteiger partial charge in [-0.3, -0.25) is 14.6 Å². The average molecular weight is 396 g/mol. The Morgan fingerprint density at radius 1 is 0.966 bits per heavy atom. The average Bonchev–Trinajstić information content (AvgIpc) is 2.75. The van der Waals surface area contributed by atoms with Gasteiger partial charge >= 0.3 is 0 Å². The molecule has 1 amide bonds. The number of carbonyl (C=O) groups excluding carboxylic acids is 1. The smallest absolute Gasteiger partial charge is 0.236 e. The van der Waals surface area contributed by atoms with Gasteiger partial charge in [0.15, 0.2) is 0 Å². The molecule has 156 valence electrons. The monoisotopic (exact) mass is 395 g/mol. The molecule has 5 heteroatoms. The van der Waals surface area contributed by atoms with E-state index in [1.807, 2.05) is 36.2 Å². The number of rotatable bonds is 9. The van der Waals surface area contributed by atoms with Crippen molar-refractivity contribution in [2.45, 2.75) is 26.1 Å². The maximum Gasteiger partial charge on any atom is 0.236 e. The van der Waals surface area contributed by atoms with E-state index in [1.54, 1.807) is 0 Å². The maximum absolute atomic E-state index is 13.0. The molecular weight excluding hydrogens is 362 g/mol. The number of hydrogen-bond acceptors (Lipinski definition) is 4. The van der Waals surface area contributed by atoms with Crippen LogP contribution in [0, 0.1) is 0 Å². The Bertz CT molecular complexity index is 732. The first-order chi connectivity index (χ1) is 14.1. The van der Waals surface area contributed by atoms with Crippen LogP contribution < -0.4 is 0 Å². The van der Waals surface area contributed by atoms with Gasteiger partial charge in [-0.1, -0.05) is 60.7 Å². The first-order valence-electron chi connectivity index (χ1n) is 10.5. The van der Waals surface area contributed by atoms with E-state index in [4.69, 9.17) is 4.74 Å². The molecule has 0 radical (unpaired) electrons. The highest BCUT2D eigenvalue weighted by atomic mass is 16.5. The summed E-state index contributed by atoms with van der Waals surface area (Å²) in [5.41, 5.74) is 2.39. The Kier molecular flexibility index (Phi) is 8.23. The van der Waals surface area contributed by atoms with Gasteiger partial charge in [-0.15, -0.1) is 0 Å². The van der Waals surface area contributed by atoms with Gasteiger partial charge in [0.25, 0.3) is 0 Å². The summed E-state index contributed by atoms with van der Waals surface area (Å²) in [5, 5.41) is 0. The van der Waals surface area contributed by atoms with Crippen molar-refractivity contribution in [3.8, 4) is 0 Å². The molecule has 0 aromatic heterocycles. The van der Waals surface area contributed by atoms with Gasteiger partial charge in [-0.05, 0) is 18.1 Å². The van der Waals surface area contributed by atoms with E-state index >= 15 is 0 Å². The van der Waals surface area contributed by atoms with Crippen LogP contribution in [0.2, 0.25) is 0 Å². The Balaban J connectivity index is 1.63. The predicted octanol–water partition coefficient (Wildman–Crippen LogP) is 2.87. The lowest BCUT2D eigenvalue weighted by Crippen LogP contribution is -2.48. The number of nitrogens with zero attached hydrogens (tertiary/aromatic N) is 3. The van der Waals surface area contributed by atoms with Gasteiger partial charge in [-0.2, -0.15) is 0 Å². The number of carbonyl (C=O) groups is 1. The van der Waals surface area contributed by atoms with Crippen molar-refractivity contribution in [3.05, 3.63) is 71.8 Å². The van der Waals surface area contributed by atoms with Crippen molar-refractivity contribution in [1.29, 1.82) is 0 Å². The van der Waals surface area contributed by atoms with Crippen LogP contribution in [0.15, 0.2) is 60.7 Å². The molecule has 1 unspecified atom stereocenters. The molecule has 5 nitrogen and oxygen atoms in total. The third kappa shape index (κ3) is 6.96. The molecule has 0 aliphatic carbocycles. The number of ether oxygens (including phenoxy) is 1. The fraction of sp³-hybridized carbons (Fsp3) is 0.458. The molecule has 0 bridgehead atoms. The Morgan fingerprint density at radius 3 is 2.10 bits per heavy atom. The van der Waals surface area contributed by atoms with Crippen LogP contribution in [-0.2, 0) is 22.6 Å². The van der Waals surface area contributed by atoms with Gasteiger partial charge in [0, 0.05) is 45.8 Å². The van der Waals surface area contributed by atoms with E-state index < -0.39 is 0 Å². The molecule has 1 atom stereocenters. The molecule has 0 N–H and O–H groups in total. The molecule has 0 saturated carbocycles. The lowest BCUT2D eigenvalue weighted by atomic mass is 10.1. The van der Waals surface area contributed by atoms with Crippen molar-refractivity contribution < 1.29 is 9.53 Å². The predicted molar refractivity (Wildman–Crippen MR) is 116 cm³/mol. The topological polar surface area (TPSA) is 36.0 Å². The van der Waals surface area contributed by atoms with Gasteiger partial charge in [0.2, 0.25) is 5.91 Å². The van der Waals surface area contributed by atoms with Crippen molar-refractivity contribution in [1.82, 2.24) is 14.7 Å². The quantitative estimate of drug-likeness (QED) is 0.654. The molecule has 2 aromatic carbocycles. The summed E-state index contributed by atoms with van der Waals surface area (Å²) in [4.78, 5) is 19.6. The number of hydrogen-bond donors (Lipinski definition) is 0. The van der Waals surface area contributed by atoms with Crippen molar-refractivity contribution in [2.24, 2.45) is 0 Å². The van der Waals surface area contributed by atoms with Gasteiger partial charge < -0.3 is 9.64 Å². The summed E-state index contributed by atoms with van der Waals surface area (Å²) in [6.45, 7) is 8.53. The Hall–Kier alpha value is -2.21. The van der Waals surface area contributed by atoms with Crippen LogP contribution in [0.3, 0.4) is 0 Å². The van der Waals surface area contributed by atoms with Crippen LogP contribution in [0.5, 0.6) is 0 Å². The fourth-order valence-electron chi connectivity index (χ4n) is 3.70. The molecule has 1 saturated heterocycles. The summed E-state index contributed by atoms with van der Waals surface area (Å²) in [7, 11) is 1.89. The van der Waals surface area contributed by atoms with E-state index in [0.29, 0.717) is 13.1 Å². The van der Waals surface area contributed by atoms with Crippen LogP contribution in [0.4, 0.5) is 0 Å². The highest BCUT2D eigenvalue weighted by Crippen LogP contribution is 2.12. The molecule has 0 spiro atoms. The molecule has 29 heavy (non-hydrogen) atoms. The summed E-state index contributed by atoms with van der Waals surface area (Å²) >= 11 is 0. The normalized spacial score (nSPS) is 16.0. The van der Waals surface area contributed by atoms with Crippen LogP contribution in [0.1, 0.15) is 18.1 Å². The van der Waals surface area contributed by atoms with E-state index in [1.165, 1.54) is 5.56 Å². The second-order valence-electron chi connectivity index (χ2n) is 7.89. The second-order valence-corrected chi connectivity index (χ2v) is 7.89. The SMILES string of the molecule is CC(CN1CCOCC1)N(CC(=O)N(C)Cc1ccccc1)Cc1ccccc1.